The Bertz CT molecular complexity index is 663. The molecule has 0 spiro atoms. The summed E-state index contributed by atoms with van der Waals surface area (Å²) in [4.78, 5) is -0.0457. The molecule has 9 heteroatoms. The zero-order chi connectivity index (χ0) is 17.3. The number of hydrogen-bond acceptors (Lipinski definition) is 3. The van der Waals surface area contributed by atoms with Crippen LogP contribution < -0.4 is 5.32 Å². The van der Waals surface area contributed by atoms with Crippen molar-refractivity contribution in [2.45, 2.75) is 30.8 Å². The standard InChI is InChI=1S/C15H21F3N2O2S.ClH/c1-11-8-13(15(16,17)18)5-6-14(11)23(21,22)20-7-3-4-12(10-20)9-19-2;/h5-6,8,12,19H,3-4,7,9-10H2,1-2H3;1H. The molecule has 138 valence electrons. The summed E-state index contributed by atoms with van der Waals surface area (Å²) in [5.74, 6) is 0.221. The molecule has 0 aliphatic carbocycles. The molecule has 0 amide bonds. The normalized spacial score (nSPS) is 19.8. The molecule has 24 heavy (non-hydrogen) atoms. The Hall–Kier alpha value is -0.830. The second-order valence-electron chi connectivity index (χ2n) is 5.91. The lowest BCUT2D eigenvalue weighted by molar-refractivity contribution is -0.137. The van der Waals surface area contributed by atoms with Gasteiger partial charge < -0.3 is 5.32 Å². The number of halogens is 4. The summed E-state index contributed by atoms with van der Waals surface area (Å²) in [5, 5.41) is 3.04. The average molecular weight is 387 g/mol. The van der Waals surface area contributed by atoms with Crippen LogP contribution in [-0.2, 0) is 16.2 Å². The van der Waals surface area contributed by atoms with E-state index in [1.807, 2.05) is 7.05 Å². The maximum absolute atomic E-state index is 12.7. The van der Waals surface area contributed by atoms with E-state index >= 15 is 0 Å². The highest BCUT2D eigenvalue weighted by molar-refractivity contribution is 7.89. The second-order valence-corrected chi connectivity index (χ2v) is 7.81. The molecule has 1 aromatic rings. The molecule has 0 aromatic heterocycles. The van der Waals surface area contributed by atoms with Crippen molar-refractivity contribution in [3.05, 3.63) is 29.3 Å². The van der Waals surface area contributed by atoms with Crippen LogP contribution in [-0.4, -0.2) is 39.4 Å². The van der Waals surface area contributed by atoms with Crippen molar-refractivity contribution < 1.29 is 21.6 Å². The van der Waals surface area contributed by atoms with Gasteiger partial charge in [-0.25, -0.2) is 8.42 Å². The molecule has 0 radical (unpaired) electrons. The number of piperidine rings is 1. The van der Waals surface area contributed by atoms with Crippen LogP contribution >= 0.6 is 12.4 Å². The number of nitrogens with one attached hydrogen (secondary N) is 1. The zero-order valence-corrected chi connectivity index (χ0v) is 15.2. The fourth-order valence-electron chi connectivity index (χ4n) is 2.95. The van der Waals surface area contributed by atoms with E-state index in [1.165, 1.54) is 11.2 Å². The third-order valence-corrected chi connectivity index (χ3v) is 6.12. The van der Waals surface area contributed by atoms with Gasteiger partial charge >= 0.3 is 6.18 Å². The van der Waals surface area contributed by atoms with Crippen molar-refractivity contribution in [3.8, 4) is 0 Å². The third kappa shape index (κ3) is 4.62. The number of rotatable bonds is 4. The number of nitrogens with zero attached hydrogens (tertiary/aromatic N) is 1. The predicted octanol–water partition coefficient (Wildman–Crippen LogP) is 3.06. The van der Waals surface area contributed by atoms with Crippen LogP contribution in [0.25, 0.3) is 0 Å². The Labute approximate surface area is 146 Å². The highest BCUT2D eigenvalue weighted by Crippen LogP contribution is 2.32. The van der Waals surface area contributed by atoms with Gasteiger partial charge in [0.15, 0.2) is 0 Å². The molecule has 1 fully saturated rings. The van der Waals surface area contributed by atoms with Gasteiger partial charge in [-0.05, 0) is 63.0 Å². The van der Waals surface area contributed by atoms with Crippen LogP contribution in [0.3, 0.4) is 0 Å². The van der Waals surface area contributed by atoms with E-state index in [-0.39, 0.29) is 28.8 Å². The molecule has 2 rings (SSSR count). The molecule has 1 aliphatic heterocycles. The predicted molar refractivity (Wildman–Crippen MR) is 88.8 cm³/mol. The summed E-state index contributed by atoms with van der Waals surface area (Å²) in [7, 11) is -1.96. The molecule has 1 aromatic carbocycles. The van der Waals surface area contributed by atoms with Gasteiger partial charge in [0.2, 0.25) is 10.0 Å². The van der Waals surface area contributed by atoms with E-state index in [4.69, 9.17) is 0 Å². The second kappa shape index (κ2) is 8.03. The van der Waals surface area contributed by atoms with Gasteiger partial charge in [0, 0.05) is 13.1 Å². The first-order valence-electron chi connectivity index (χ1n) is 7.49. The Morgan fingerprint density at radius 1 is 1.33 bits per heavy atom. The minimum Gasteiger partial charge on any atom is -0.319 e. The summed E-state index contributed by atoms with van der Waals surface area (Å²) in [6, 6.07) is 2.78. The smallest absolute Gasteiger partial charge is 0.319 e. The van der Waals surface area contributed by atoms with Crippen molar-refractivity contribution in [1.29, 1.82) is 0 Å². The summed E-state index contributed by atoms with van der Waals surface area (Å²) in [5.41, 5.74) is -0.712. The van der Waals surface area contributed by atoms with E-state index in [0.29, 0.717) is 13.1 Å². The average Bonchev–Trinajstić information content (AvgIpc) is 2.46. The lowest BCUT2D eigenvalue weighted by Gasteiger charge is -2.32. The summed E-state index contributed by atoms with van der Waals surface area (Å²) < 4.78 is 65.0. The van der Waals surface area contributed by atoms with Crippen molar-refractivity contribution >= 4 is 22.4 Å². The molecular weight excluding hydrogens is 365 g/mol. The molecular formula is C15H22ClF3N2O2S. The Balaban J connectivity index is 0.00000288. The minimum absolute atomic E-state index is 0. The van der Waals surface area contributed by atoms with Crippen molar-refractivity contribution in [1.82, 2.24) is 9.62 Å². The van der Waals surface area contributed by atoms with Crippen LogP contribution in [0.2, 0.25) is 0 Å². The first-order valence-corrected chi connectivity index (χ1v) is 8.93. The van der Waals surface area contributed by atoms with Crippen LogP contribution in [0.1, 0.15) is 24.0 Å². The van der Waals surface area contributed by atoms with E-state index in [9.17, 15) is 21.6 Å². The SMILES string of the molecule is CNCC1CCCN(S(=O)(=O)c2ccc(C(F)(F)F)cc2C)C1.Cl. The third-order valence-electron chi connectivity index (χ3n) is 4.09. The van der Waals surface area contributed by atoms with Gasteiger partial charge in [0.1, 0.15) is 0 Å². The fourth-order valence-corrected chi connectivity index (χ4v) is 4.72. The summed E-state index contributed by atoms with van der Waals surface area (Å²) >= 11 is 0. The molecule has 1 saturated heterocycles. The van der Waals surface area contributed by atoms with Crippen LogP contribution in [0.4, 0.5) is 13.2 Å². The number of benzene rings is 1. The van der Waals surface area contributed by atoms with Gasteiger partial charge in [-0.15, -0.1) is 12.4 Å². The van der Waals surface area contributed by atoms with E-state index < -0.39 is 21.8 Å². The number of hydrogen-bond donors (Lipinski definition) is 1. The topological polar surface area (TPSA) is 49.4 Å². The maximum atomic E-state index is 12.7. The minimum atomic E-state index is -4.48. The Kier molecular flexibility index (Phi) is 7.10. The fraction of sp³-hybridized carbons (Fsp3) is 0.600. The number of alkyl halides is 3. The van der Waals surface area contributed by atoms with E-state index in [2.05, 4.69) is 5.32 Å². The molecule has 0 saturated carbocycles. The highest BCUT2D eigenvalue weighted by atomic mass is 35.5. The summed E-state index contributed by atoms with van der Waals surface area (Å²) in [6.45, 7) is 2.92. The summed E-state index contributed by atoms with van der Waals surface area (Å²) in [6.07, 6.45) is -2.78. The lowest BCUT2D eigenvalue weighted by Crippen LogP contribution is -2.42. The monoisotopic (exact) mass is 386 g/mol. The van der Waals surface area contributed by atoms with Crippen molar-refractivity contribution in [3.63, 3.8) is 0 Å². The zero-order valence-electron chi connectivity index (χ0n) is 13.6. The molecule has 4 nitrogen and oxygen atoms in total. The number of sulfonamides is 1. The van der Waals surface area contributed by atoms with Crippen LogP contribution in [0.15, 0.2) is 23.1 Å². The first-order chi connectivity index (χ1) is 10.7. The molecule has 1 N–H and O–H groups in total. The number of aryl methyl sites for hydroxylation is 1. The van der Waals surface area contributed by atoms with Crippen LogP contribution in [0.5, 0.6) is 0 Å². The lowest BCUT2D eigenvalue weighted by atomic mass is 10.00. The van der Waals surface area contributed by atoms with Gasteiger partial charge in [0.25, 0.3) is 0 Å². The molecule has 0 bridgehead atoms. The Morgan fingerprint density at radius 3 is 2.54 bits per heavy atom. The molecule has 1 unspecified atom stereocenters. The van der Waals surface area contributed by atoms with Crippen LogP contribution in [0, 0.1) is 12.8 Å². The van der Waals surface area contributed by atoms with Gasteiger partial charge in [-0.3, -0.25) is 0 Å². The van der Waals surface area contributed by atoms with Gasteiger partial charge in [-0.2, -0.15) is 17.5 Å². The van der Waals surface area contributed by atoms with E-state index in [0.717, 1.165) is 37.6 Å². The largest absolute Gasteiger partial charge is 0.416 e. The quantitative estimate of drug-likeness (QED) is 0.865. The van der Waals surface area contributed by atoms with E-state index in [1.54, 1.807) is 0 Å². The molecule has 1 atom stereocenters. The van der Waals surface area contributed by atoms with Crippen molar-refractivity contribution in [2.24, 2.45) is 5.92 Å². The van der Waals surface area contributed by atoms with Crippen molar-refractivity contribution in [2.75, 3.05) is 26.7 Å². The highest BCUT2D eigenvalue weighted by Gasteiger charge is 2.34. The maximum Gasteiger partial charge on any atom is 0.416 e. The molecule has 1 heterocycles. The Morgan fingerprint density at radius 2 is 2.00 bits per heavy atom. The first kappa shape index (κ1) is 21.2. The van der Waals surface area contributed by atoms with Gasteiger partial charge in [0.05, 0.1) is 10.5 Å². The molecule has 1 aliphatic rings. The van der Waals surface area contributed by atoms with Gasteiger partial charge in [-0.1, -0.05) is 0 Å².